The highest BCUT2D eigenvalue weighted by atomic mass is 79.9. The maximum atomic E-state index is 8.84. The third-order valence-electron chi connectivity index (χ3n) is 2.15. The molecule has 2 N–H and O–H groups in total. The molecule has 6 heteroatoms. The van der Waals surface area contributed by atoms with Crippen molar-refractivity contribution in [1.29, 1.82) is 5.26 Å². The second-order valence-corrected chi connectivity index (χ2v) is 4.73. The number of pyridine rings is 1. The summed E-state index contributed by atoms with van der Waals surface area (Å²) in [5, 5.41) is 14.1. The Kier molecular flexibility index (Phi) is 2.66. The van der Waals surface area contributed by atoms with Crippen molar-refractivity contribution >= 4 is 26.8 Å². The van der Waals surface area contributed by atoms with Crippen LogP contribution in [0.2, 0.25) is 0 Å². The normalized spacial score (nSPS) is 14.6. The molecule has 0 aliphatic carbocycles. The van der Waals surface area contributed by atoms with Crippen LogP contribution in [-0.4, -0.2) is 20.3 Å². The van der Waals surface area contributed by atoms with Crippen LogP contribution < -0.4 is 5.73 Å². The Morgan fingerprint density at radius 3 is 3.12 bits per heavy atom. The second kappa shape index (κ2) is 3.85. The summed E-state index contributed by atoms with van der Waals surface area (Å²) in [4.78, 5) is 4.08. The number of halogens is 1. The molecule has 0 fully saturated rings. The number of rotatable bonds is 2. The number of nitrogens with two attached hydrogens (primary N) is 1. The smallest absolute Gasteiger partial charge is 0.121 e. The van der Waals surface area contributed by atoms with Crippen LogP contribution in [-0.2, 0) is 6.54 Å². The van der Waals surface area contributed by atoms with E-state index in [0.717, 1.165) is 15.5 Å². The van der Waals surface area contributed by atoms with E-state index in [4.69, 9.17) is 11.0 Å². The minimum atomic E-state index is -0.910. The van der Waals surface area contributed by atoms with Crippen LogP contribution in [0.25, 0.3) is 10.9 Å². The summed E-state index contributed by atoms with van der Waals surface area (Å²) in [6.07, 6.45) is 3.53. The minimum Gasteiger partial charge on any atom is -0.312 e. The first-order valence-corrected chi connectivity index (χ1v) is 5.48. The zero-order valence-corrected chi connectivity index (χ0v) is 10.3. The molecule has 0 aliphatic heterocycles. The molecule has 2 rings (SSSR count). The van der Waals surface area contributed by atoms with Crippen LogP contribution >= 0.6 is 15.9 Å². The first-order valence-electron chi connectivity index (χ1n) is 4.69. The Balaban J connectivity index is 2.38. The van der Waals surface area contributed by atoms with Gasteiger partial charge in [0.05, 0.1) is 18.8 Å². The van der Waals surface area contributed by atoms with Gasteiger partial charge >= 0.3 is 0 Å². The van der Waals surface area contributed by atoms with E-state index >= 15 is 0 Å². The van der Waals surface area contributed by atoms with Crippen LogP contribution in [0.4, 0.5) is 0 Å². The van der Waals surface area contributed by atoms with Gasteiger partial charge in [-0.3, -0.25) is 4.68 Å². The maximum Gasteiger partial charge on any atom is 0.121 e. The fourth-order valence-corrected chi connectivity index (χ4v) is 1.75. The van der Waals surface area contributed by atoms with Crippen molar-refractivity contribution in [3.63, 3.8) is 0 Å². The SMILES string of the molecule is CC(N)(C#N)Cn1cc2cc(Br)ncc2n1. The van der Waals surface area contributed by atoms with Gasteiger partial charge < -0.3 is 5.73 Å². The lowest BCUT2D eigenvalue weighted by molar-refractivity contribution is 0.462. The number of hydrogen-bond acceptors (Lipinski definition) is 4. The summed E-state index contributed by atoms with van der Waals surface area (Å²) in [7, 11) is 0. The molecule has 0 saturated heterocycles. The average molecular weight is 280 g/mol. The highest BCUT2D eigenvalue weighted by Gasteiger charge is 2.18. The van der Waals surface area contributed by atoms with Gasteiger partial charge in [-0.25, -0.2) is 4.98 Å². The minimum absolute atomic E-state index is 0.357. The lowest BCUT2D eigenvalue weighted by Crippen LogP contribution is -2.39. The number of nitriles is 1. The highest BCUT2D eigenvalue weighted by molar-refractivity contribution is 9.10. The summed E-state index contributed by atoms with van der Waals surface area (Å²) in [6, 6.07) is 3.91. The Morgan fingerprint density at radius 1 is 1.69 bits per heavy atom. The largest absolute Gasteiger partial charge is 0.312 e. The molecule has 0 amide bonds. The summed E-state index contributed by atoms with van der Waals surface area (Å²) >= 11 is 3.29. The van der Waals surface area contributed by atoms with Gasteiger partial charge in [-0.1, -0.05) is 0 Å². The maximum absolute atomic E-state index is 8.84. The summed E-state index contributed by atoms with van der Waals surface area (Å²) in [5.41, 5.74) is 5.63. The van der Waals surface area contributed by atoms with Crippen molar-refractivity contribution in [2.45, 2.75) is 19.0 Å². The van der Waals surface area contributed by atoms with Crippen molar-refractivity contribution in [3.8, 4) is 6.07 Å². The number of aromatic nitrogens is 3. The molecule has 0 bridgehead atoms. The third-order valence-corrected chi connectivity index (χ3v) is 2.58. The molecule has 0 aliphatic rings. The third kappa shape index (κ3) is 2.21. The fourth-order valence-electron chi connectivity index (χ4n) is 1.40. The molecule has 2 aromatic heterocycles. The number of hydrogen-bond donors (Lipinski definition) is 1. The Labute approximate surface area is 101 Å². The van der Waals surface area contributed by atoms with Crippen LogP contribution in [0.3, 0.4) is 0 Å². The zero-order valence-electron chi connectivity index (χ0n) is 8.68. The van der Waals surface area contributed by atoms with E-state index in [0.29, 0.717) is 6.54 Å². The topological polar surface area (TPSA) is 80.5 Å². The lowest BCUT2D eigenvalue weighted by Gasteiger charge is -2.14. The van der Waals surface area contributed by atoms with Crippen molar-refractivity contribution in [3.05, 3.63) is 23.1 Å². The number of nitrogens with zero attached hydrogens (tertiary/aromatic N) is 4. The van der Waals surface area contributed by atoms with Crippen LogP contribution in [0.1, 0.15) is 6.92 Å². The summed E-state index contributed by atoms with van der Waals surface area (Å²) in [5.74, 6) is 0. The molecule has 1 unspecified atom stereocenters. The molecule has 0 saturated carbocycles. The van der Waals surface area contributed by atoms with Crippen LogP contribution in [0.15, 0.2) is 23.1 Å². The molecule has 5 nitrogen and oxygen atoms in total. The van der Waals surface area contributed by atoms with E-state index in [9.17, 15) is 0 Å². The fraction of sp³-hybridized carbons (Fsp3) is 0.300. The molecule has 0 spiro atoms. The Hall–Kier alpha value is -1.45. The highest BCUT2D eigenvalue weighted by Crippen LogP contribution is 2.16. The van der Waals surface area contributed by atoms with Crippen LogP contribution in [0.5, 0.6) is 0 Å². The Morgan fingerprint density at radius 2 is 2.44 bits per heavy atom. The molecule has 2 heterocycles. The molecule has 16 heavy (non-hydrogen) atoms. The molecular weight excluding hydrogens is 270 g/mol. The Bertz CT molecular complexity index is 566. The quantitative estimate of drug-likeness (QED) is 0.844. The van der Waals surface area contributed by atoms with E-state index in [2.05, 4.69) is 26.0 Å². The van der Waals surface area contributed by atoms with Gasteiger partial charge in [0, 0.05) is 11.6 Å². The standard InChI is InChI=1S/C10H10BrN5/c1-10(13,5-12)6-16-4-7-2-9(11)14-3-8(7)15-16/h2-4H,6,13H2,1H3. The summed E-state index contributed by atoms with van der Waals surface area (Å²) < 4.78 is 2.43. The van der Waals surface area contributed by atoms with Gasteiger partial charge in [-0.15, -0.1) is 0 Å². The first kappa shape index (κ1) is 11.0. The van der Waals surface area contributed by atoms with Crippen molar-refractivity contribution in [2.75, 3.05) is 0 Å². The van der Waals surface area contributed by atoms with Gasteiger partial charge in [-0.2, -0.15) is 10.4 Å². The van der Waals surface area contributed by atoms with Crippen molar-refractivity contribution < 1.29 is 0 Å². The van der Waals surface area contributed by atoms with E-state index in [1.54, 1.807) is 17.8 Å². The van der Waals surface area contributed by atoms with Crippen LogP contribution in [0, 0.1) is 11.3 Å². The van der Waals surface area contributed by atoms with Gasteiger partial charge in [-0.05, 0) is 28.9 Å². The molecule has 2 aromatic rings. The van der Waals surface area contributed by atoms with Gasteiger partial charge in [0.1, 0.15) is 15.7 Å². The van der Waals surface area contributed by atoms with E-state index in [-0.39, 0.29) is 0 Å². The molecule has 82 valence electrons. The van der Waals surface area contributed by atoms with Crippen molar-refractivity contribution in [1.82, 2.24) is 14.8 Å². The van der Waals surface area contributed by atoms with Crippen molar-refractivity contribution in [2.24, 2.45) is 5.73 Å². The molecule has 1 atom stereocenters. The second-order valence-electron chi connectivity index (χ2n) is 3.92. The van der Waals surface area contributed by atoms with Gasteiger partial charge in [0.25, 0.3) is 0 Å². The first-order chi connectivity index (χ1) is 7.50. The number of fused-ring (bicyclic) bond motifs is 1. The molecule has 0 radical (unpaired) electrons. The monoisotopic (exact) mass is 279 g/mol. The van der Waals surface area contributed by atoms with E-state index in [1.165, 1.54) is 0 Å². The predicted molar refractivity (Wildman–Crippen MR) is 63.4 cm³/mol. The van der Waals surface area contributed by atoms with Gasteiger partial charge in [0.2, 0.25) is 0 Å². The van der Waals surface area contributed by atoms with Gasteiger partial charge in [0.15, 0.2) is 0 Å². The molecule has 0 aromatic carbocycles. The predicted octanol–water partition coefficient (Wildman–Crippen LogP) is 1.43. The summed E-state index contributed by atoms with van der Waals surface area (Å²) in [6.45, 7) is 2.03. The average Bonchev–Trinajstić information content (AvgIpc) is 2.58. The molecular formula is C10H10BrN5. The lowest BCUT2D eigenvalue weighted by atomic mass is 10.1. The zero-order chi connectivity index (χ0) is 11.8. The van der Waals surface area contributed by atoms with E-state index in [1.807, 2.05) is 18.3 Å². The van der Waals surface area contributed by atoms with E-state index < -0.39 is 5.54 Å².